The maximum atomic E-state index is 12.5. The predicted molar refractivity (Wildman–Crippen MR) is 96.3 cm³/mol. The molecule has 2 aromatic carbocycles. The van der Waals surface area contributed by atoms with Crippen molar-refractivity contribution in [3.8, 4) is 5.75 Å². The van der Waals surface area contributed by atoms with Crippen LogP contribution in [0.4, 0.5) is 11.4 Å². The molecule has 0 unspecified atom stereocenters. The molecule has 0 radical (unpaired) electrons. The van der Waals surface area contributed by atoms with E-state index in [1.165, 1.54) is 12.1 Å². The number of carbonyl (C=O) groups is 1. The molecule has 0 aliphatic carbocycles. The zero-order valence-corrected chi connectivity index (χ0v) is 14.6. The zero-order valence-electron chi connectivity index (χ0n) is 14.6. The lowest BCUT2D eigenvalue weighted by atomic mass is 10.0. The minimum atomic E-state index is -0.518. The third-order valence-electron chi connectivity index (χ3n) is 3.93. The van der Waals surface area contributed by atoms with Crippen molar-refractivity contribution in [1.82, 2.24) is 5.32 Å². The van der Waals surface area contributed by atoms with Gasteiger partial charge in [-0.3, -0.25) is 14.9 Å². The van der Waals surface area contributed by atoms with Gasteiger partial charge in [-0.15, -0.1) is 0 Å². The fourth-order valence-corrected chi connectivity index (χ4v) is 2.59. The monoisotopic (exact) mass is 343 g/mol. The lowest BCUT2D eigenvalue weighted by Crippen LogP contribution is -2.27. The van der Waals surface area contributed by atoms with Gasteiger partial charge in [-0.1, -0.05) is 17.7 Å². The Morgan fingerprint density at radius 2 is 1.96 bits per heavy atom. The van der Waals surface area contributed by atoms with Crippen LogP contribution in [0, 0.1) is 17.0 Å². The number of hydrogen-bond donors (Lipinski definition) is 2. The number of hydrogen-bond acceptors (Lipinski definition) is 5. The molecule has 2 rings (SSSR count). The maximum absolute atomic E-state index is 12.5. The number of aryl methyl sites for hydroxylation is 1. The van der Waals surface area contributed by atoms with Crippen molar-refractivity contribution in [3.05, 3.63) is 63.2 Å². The molecule has 2 aromatic rings. The number of ether oxygens (including phenoxy) is 1. The maximum Gasteiger partial charge on any atom is 0.293 e. The van der Waals surface area contributed by atoms with Crippen molar-refractivity contribution in [2.75, 3.05) is 19.5 Å². The summed E-state index contributed by atoms with van der Waals surface area (Å²) in [5.41, 5.74) is 2.33. The highest BCUT2D eigenvalue weighted by atomic mass is 16.6. The van der Waals surface area contributed by atoms with Gasteiger partial charge in [-0.2, -0.15) is 0 Å². The highest BCUT2D eigenvalue weighted by Crippen LogP contribution is 2.28. The van der Waals surface area contributed by atoms with Crippen molar-refractivity contribution < 1.29 is 14.5 Å². The number of carbonyl (C=O) groups excluding carboxylic acids is 1. The number of rotatable bonds is 6. The van der Waals surface area contributed by atoms with Gasteiger partial charge in [-0.25, -0.2) is 0 Å². The Labute approximate surface area is 146 Å². The van der Waals surface area contributed by atoms with E-state index in [-0.39, 0.29) is 23.2 Å². The standard InChI is InChI=1S/C18H21N3O4/c1-11-5-8-17(25-4)14(9-11)12(2)20-18(22)13-6-7-15(19-3)16(10-13)21(23)24/h5-10,12,19H,1-4H3,(H,20,22)/t12-/m1/s1. The van der Waals surface area contributed by atoms with Gasteiger partial charge in [0.1, 0.15) is 11.4 Å². The largest absolute Gasteiger partial charge is 0.496 e. The molecule has 0 aliphatic heterocycles. The Morgan fingerprint density at radius 1 is 1.24 bits per heavy atom. The molecule has 0 fully saturated rings. The SMILES string of the molecule is CNc1ccc(C(=O)N[C@H](C)c2cc(C)ccc2OC)cc1[N+](=O)[O-]. The van der Waals surface area contributed by atoms with Crippen LogP contribution in [0.3, 0.4) is 0 Å². The molecule has 0 bridgehead atoms. The number of nitrogens with zero attached hydrogens (tertiary/aromatic N) is 1. The first-order valence-electron chi connectivity index (χ1n) is 7.79. The molecule has 132 valence electrons. The summed E-state index contributed by atoms with van der Waals surface area (Å²) in [6, 6.07) is 9.73. The number of amides is 1. The van der Waals surface area contributed by atoms with E-state index in [9.17, 15) is 14.9 Å². The fourth-order valence-electron chi connectivity index (χ4n) is 2.59. The van der Waals surface area contributed by atoms with Gasteiger partial charge in [0, 0.05) is 24.2 Å². The van der Waals surface area contributed by atoms with Gasteiger partial charge in [0.15, 0.2) is 0 Å². The Hall–Kier alpha value is -3.09. The molecular formula is C18H21N3O4. The first-order valence-corrected chi connectivity index (χ1v) is 7.79. The second-order valence-electron chi connectivity index (χ2n) is 5.68. The smallest absolute Gasteiger partial charge is 0.293 e. The van der Waals surface area contributed by atoms with Crippen LogP contribution in [0.15, 0.2) is 36.4 Å². The molecule has 0 aliphatic rings. The number of benzene rings is 2. The van der Waals surface area contributed by atoms with Gasteiger partial charge in [-0.05, 0) is 32.0 Å². The van der Waals surface area contributed by atoms with E-state index in [2.05, 4.69) is 10.6 Å². The molecular weight excluding hydrogens is 322 g/mol. The lowest BCUT2D eigenvalue weighted by molar-refractivity contribution is -0.384. The third-order valence-corrected chi connectivity index (χ3v) is 3.93. The summed E-state index contributed by atoms with van der Waals surface area (Å²) in [5, 5.41) is 16.7. The first kappa shape index (κ1) is 18.3. The van der Waals surface area contributed by atoms with E-state index >= 15 is 0 Å². The van der Waals surface area contributed by atoms with E-state index < -0.39 is 4.92 Å². The van der Waals surface area contributed by atoms with Gasteiger partial charge in [0.25, 0.3) is 11.6 Å². The quantitative estimate of drug-likeness (QED) is 0.619. The number of nitrogens with one attached hydrogen (secondary N) is 2. The van der Waals surface area contributed by atoms with Crippen LogP contribution < -0.4 is 15.4 Å². The molecule has 7 nitrogen and oxygen atoms in total. The van der Waals surface area contributed by atoms with E-state index in [0.717, 1.165) is 11.1 Å². The third kappa shape index (κ3) is 4.06. The number of methoxy groups -OCH3 is 1. The molecule has 0 saturated carbocycles. The van der Waals surface area contributed by atoms with Crippen molar-refractivity contribution in [1.29, 1.82) is 0 Å². The molecule has 1 amide bonds. The summed E-state index contributed by atoms with van der Waals surface area (Å²) < 4.78 is 5.34. The van der Waals surface area contributed by atoms with Gasteiger partial charge >= 0.3 is 0 Å². The Balaban J connectivity index is 2.26. The van der Waals surface area contributed by atoms with E-state index in [4.69, 9.17) is 4.74 Å². The second kappa shape index (κ2) is 7.65. The van der Waals surface area contributed by atoms with E-state index in [1.54, 1.807) is 20.2 Å². The van der Waals surface area contributed by atoms with Gasteiger partial charge < -0.3 is 15.4 Å². The summed E-state index contributed by atoms with van der Waals surface area (Å²) in [7, 11) is 3.16. The summed E-state index contributed by atoms with van der Waals surface area (Å²) in [6.45, 7) is 3.79. The van der Waals surface area contributed by atoms with Crippen LogP contribution >= 0.6 is 0 Å². The highest BCUT2D eigenvalue weighted by molar-refractivity contribution is 5.96. The molecule has 2 N–H and O–H groups in total. The van der Waals surface area contributed by atoms with Gasteiger partial charge in [0.05, 0.1) is 18.1 Å². The zero-order chi connectivity index (χ0) is 18.6. The van der Waals surface area contributed by atoms with Gasteiger partial charge in [0.2, 0.25) is 0 Å². The van der Waals surface area contributed by atoms with Crippen molar-refractivity contribution >= 4 is 17.3 Å². The molecule has 0 saturated heterocycles. The van der Waals surface area contributed by atoms with E-state index in [1.807, 2.05) is 32.0 Å². The average Bonchev–Trinajstić information content (AvgIpc) is 2.60. The van der Waals surface area contributed by atoms with Crippen LogP contribution in [0.25, 0.3) is 0 Å². The average molecular weight is 343 g/mol. The Kier molecular flexibility index (Phi) is 5.59. The van der Waals surface area contributed by atoms with Crippen molar-refractivity contribution in [2.24, 2.45) is 0 Å². The Morgan fingerprint density at radius 3 is 2.56 bits per heavy atom. The molecule has 25 heavy (non-hydrogen) atoms. The molecule has 0 spiro atoms. The minimum absolute atomic E-state index is 0.143. The van der Waals surface area contributed by atoms with Crippen molar-refractivity contribution in [2.45, 2.75) is 19.9 Å². The van der Waals surface area contributed by atoms with Crippen LogP contribution in [0.1, 0.15) is 34.5 Å². The normalized spacial score (nSPS) is 11.5. The molecule has 0 aromatic heterocycles. The number of nitro groups is 1. The fraction of sp³-hybridized carbons (Fsp3) is 0.278. The summed E-state index contributed by atoms with van der Waals surface area (Å²) in [6.07, 6.45) is 0. The van der Waals surface area contributed by atoms with Crippen LogP contribution in [-0.4, -0.2) is 25.0 Å². The van der Waals surface area contributed by atoms with Crippen LogP contribution in [-0.2, 0) is 0 Å². The first-order chi connectivity index (χ1) is 11.9. The summed E-state index contributed by atoms with van der Waals surface area (Å²) in [5.74, 6) is 0.289. The molecule has 7 heteroatoms. The lowest BCUT2D eigenvalue weighted by Gasteiger charge is -2.18. The van der Waals surface area contributed by atoms with Crippen molar-refractivity contribution in [3.63, 3.8) is 0 Å². The second-order valence-corrected chi connectivity index (χ2v) is 5.68. The molecule has 0 heterocycles. The topological polar surface area (TPSA) is 93.5 Å². The number of nitro benzene ring substituents is 1. The minimum Gasteiger partial charge on any atom is -0.496 e. The Bertz CT molecular complexity index is 805. The predicted octanol–water partition coefficient (Wildman–Crippen LogP) is 3.44. The van der Waals surface area contributed by atoms with Crippen LogP contribution in [0.2, 0.25) is 0 Å². The van der Waals surface area contributed by atoms with E-state index in [0.29, 0.717) is 11.4 Å². The number of anilines is 1. The summed E-state index contributed by atoms with van der Waals surface area (Å²) in [4.78, 5) is 23.1. The van der Waals surface area contributed by atoms with Crippen LogP contribution in [0.5, 0.6) is 5.75 Å². The summed E-state index contributed by atoms with van der Waals surface area (Å²) >= 11 is 0. The highest BCUT2D eigenvalue weighted by Gasteiger charge is 2.19. The molecule has 1 atom stereocenters.